The van der Waals surface area contributed by atoms with Crippen molar-refractivity contribution < 1.29 is 0 Å². The van der Waals surface area contributed by atoms with E-state index in [1.54, 1.807) is 0 Å². The molecular formula is C17H23N3. The van der Waals surface area contributed by atoms with Crippen molar-refractivity contribution in [3.63, 3.8) is 0 Å². The fourth-order valence-electron chi connectivity index (χ4n) is 1.80. The maximum atomic E-state index is 6.13. The summed E-state index contributed by atoms with van der Waals surface area (Å²) in [6.45, 7) is 0. The average Bonchev–Trinajstić information content (AvgIpc) is 2.55. The third-order valence-corrected chi connectivity index (χ3v) is 2.91. The van der Waals surface area contributed by atoms with E-state index in [9.17, 15) is 0 Å². The first-order valence-corrected chi connectivity index (χ1v) is 6.64. The Morgan fingerprint density at radius 2 is 1.30 bits per heavy atom. The summed E-state index contributed by atoms with van der Waals surface area (Å²) in [7, 11) is 1.50. The third-order valence-electron chi connectivity index (χ3n) is 2.91. The molecule has 0 bridgehead atoms. The summed E-state index contributed by atoms with van der Waals surface area (Å²) in [6.07, 6.45) is 3.96. The first kappa shape index (κ1) is 16.1. The van der Waals surface area contributed by atoms with Gasteiger partial charge >= 0.3 is 0 Å². The lowest BCUT2D eigenvalue weighted by Crippen LogP contribution is -2.32. The van der Waals surface area contributed by atoms with Gasteiger partial charge in [0.25, 0.3) is 0 Å². The molecule has 0 saturated heterocycles. The van der Waals surface area contributed by atoms with E-state index in [1.807, 2.05) is 72.8 Å². The smallest absolute Gasteiger partial charge is 0.0485 e. The standard InChI is InChI=1S/C16H18N2.CH5N/c17-15(12-11-13-7-3-1-4-8-13)16(18)14-9-5-2-6-10-14;1-2/h1-12,15-16H,17-18H2;2H2,1H3/b12-11+;. The molecule has 0 aromatic heterocycles. The second-order valence-electron chi connectivity index (χ2n) is 4.28. The highest BCUT2D eigenvalue weighted by Gasteiger charge is 2.11. The molecule has 0 amide bonds. The SMILES string of the molecule is CN.NC(/C=C/c1ccccc1)C(N)c1ccccc1. The van der Waals surface area contributed by atoms with Gasteiger partial charge in [-0.05, 0) is 18.2 Å². The minimum absolute atomic E-state index is 0.175. The van der Waals surface area contributed by atoms with Crippen LogP contribution in [0.15, 0.2) is 66.7 Å². The predicted molar refractivity (Wildman–Crippen MR) is 86.9 cm³/mol. The van der Waals surface area contributed by atoms with Crippen molar-refractivity contribution in [3.8, 4) is 0 Å². The zero-order valence-electron chi connectivity index (χ0n) is 11.8. The molecule has 2 aromatic carbocycles. The van der Waals surface area contributed by atoms with Crippen LogP contribution < -0.4 is 17.2 Å². The minimum atomic E-state index is -0.187. The molecule has 0 fully saturated rings. The van der Waals surface area contributed by atoms with Crippen molar-refractivity contribution in [3.05, 3.63) is 77.9 Å². The van der Waals surface area contributed by atoms with Gasteiger partial charge in [0.05, 0.1) is 0 Å². The van der Waals surface area contributed by atoms with Crippen LogP contribution in [-0.2, 0) is 0 Å². The van der Waals surface area contributed by atoms with Gasteiger partial charge in [0.1, 0.15) is 0 Å². The van der Waals surface area contributed by atoms with Crippen molar-refractivity contribution in [1.82, 2.24) is 0 Å². The molecular weight excluding hydrogens is 246 g/mol. The zero-order chi connectivity index (χ0) is 14.8. The van der Waals surface area contributed by atoms with Crippen molar-refractivity contribution in [2.75, 3.05) is 7.05 Å². The molecule has 6 N–H and O–H groups in total. The summed E-state index contributed by atoms with van der Waals surface area (Å²) in [5.41, 5.74) is 18.9. The zero-order valence-corrected chi connectivity index (χ0v) is 11.8. The van der Waals surface area contributed by atoms with Gasteiger partial charge < -0.3 is 17.2 Å². The summed E-state index contributed by atoms with van der Waals surface area (Å²) < 4.78 is 0. The lowest BCUT2D eigenvalue weighted by atomic mass is 10.00. The van der Waals surface area contributed by atoms with Crippen molar-refractivity contribution in [2.24, 2.45) is 17.2 Å². The Kier molecular flexibility index (Phi) is 7.29. The number of rotatable bonds is 4. The van der Waals surface area contributed by atoms with E-state index in [0.717, 1.165) is 11.1 Å². The van der Waals surface area contributed by atoms with Crippen molar-refractivity contribution >= 4 is 6.08 Å². The molecule has 106 valence electrons. The van der Waals surface area contributed by atoms with Gasteiger partial charge in [-0.2, -0.15) is 0 Å². The molecule has 2 aromatic rings. The van der Waals surface area contributed by atoms with E-state index in [2.05, 4.69) is 5.73 Å². The molecule has 2 atom stereocenters. The Labute approximate surface area is 121 Å². The van der Waals surface area contributed by atoms with Gasteiger partial charge in [-0.15, -0.1) is 0 Å². The van der Waals surface area contributed by atoms with Gasteiger partial charge in [0, 0.05) is 12.1 Å². The normalized spacial score (nSPS) is 13.4. The summed E-state index contributed by atoms with van der Waals surface area (Å²) >= 11 is 0. The topological polar surface area (TPSA) is 78.1 Å². The van der Waals surface area contributed by atoms with Crippen molar-refractivity contribution in [1.29, 1.82) is 0 Å². The predicted octanol–water partition coefficient (Wildman–Crippen LogP) is 2.30. The molecule has 0 spiro atoms. The van der Waals surface area contributed by atoms with E-state index < -0.39 is 0 Å². The molecule has 3 heteroatoms. The van der Waals surface area contributed by atoms with Crippen LogP contribution >= 0.6 is 0 Å². The van der Waals surface area contributed by atoms with Gasteiger partial charge in [0.15, 0.2) is 0 Å². The average molecular weight is 269 g/mol. The fourth-order valence-corrected chi connectivity index (χ4v) is 1.80. The van der Waals surface area contributed by atoms with E-state index in [-0.39, 0.29) is 12.1 Å². The highest BCUT2D eigenvalue weighted by molar-refractivity contribution is 5.49. The lowest BCUT2D eigenvalue weighted by molar-refractivity contribution is 0.638. The van der Waals surface area contributed by atoms with Gasteiger partial charge in [-0.1, -0.05) is 72.8 Å². The quantitative estimate of drug-likeness (QED) is 0.797. The highest BCUT2D eigenvalue weighted by atomic mass is 14.8. The van der Waals surface area contributed by atoms with E-state index in [1.165, 1.54) is 7.05 Å². The minimum Gasteiger partial charge on any atom is -0.333 e. The van der Waals surface area contributed by atoms with Crippen LogP contribution in [0.25, 0.3) is 6.08 Å². The lowest BCUT2D eigenvalue weighted by Gasteiger charge is -2.16. The van der Waals surface area contributed by atoms with Crippen LogP contribution in [0.5, 0.6) is 0 Å². The Bertz CT molecular complexity index is 494. The number of benzene rings is 2. The fraction of sp³-hybridized carbons (Fsp3) is 0.176. The molecule has 0 saturated carbocycles. The highest BCUT2D eigenvalue weighted by Crippen LogP contribution is 2.14. The molecule has 2 rings (SSSR count). The Hall–Kier alpha value is -1.94. The molecule has 2 unspecified atom stereocenters. The number of nitrogens with two attached hydrogens (primary N) is 3. The van der Waals surface area contributed by atoms with Gasteiger partial charge in [-0.3, -0.25) is 0 Å². The van der Waals surface area contributed by atoms with Gasteiger partial charge in [-0.25, -0.2) is 0 Å². The van der Waals surface area contributed by atoms with Crippen LogP contribution in [0, 0.1) is 0 Å². The second-order valence-corrected chi connectivity index (χ2v) is 4.28. The molecule has 0 radical (unpaired) electrons. The van der Waals surface area contributed by atoms with Crippen LogP contribution in [0.2, 0.25) is 0 Å². The van der Waals surface area contributed by atoms with E-state index in [4.69, 9.17) is 11.5 Å². The maximum Gasteiger partial charge on any atom is 0.0485 e. The van der Waals surface area contributed by atoms with Crippen molar-refractivity contribution in [2.45, 2.75) is 12.1 Å². The first-order valence-electron chi connectivity index (χ1n) is 6.64. The van der Waals surface area contributed by atoms with Gasteiger partial charge in [0.2, 0.25) is 0 Å². The first-order chi connectivity index (χ1) is 9.77. The monoisotopic (exact) mass is 269 g/mol. The maximum absolute atomic E-state index is 6.13. The number of hydrogen-bond donors (Lipinski definition) is 3. The third kappa shape index (κ3) is 4.97. The summed E-state index contributed by atoms with van der Waals surface area (Å²) in [5.74, 6) is 0. The largest absolute Gasteiger partial charge is 0.333 e. The Balaban J connectivity index is 0.000000956. The summed E-state index contributed by atoms with van der Waals surface area (Å²) in [5, 5.41) is 0. The summed E-state index contributed by atoms with van der Waals surface area (Å²) in [6, 6.07) is 19.6. The Morgan fingerprint density at radius 3 is 1.85 bits per heavy atom. The molecule has 0 heterocycles. The Morgan fingerprint density at radius 1 is 0.800 bits per heavy atom. The molecule has 0 aliphatic heterocycles. The molecule has 0 aliphatic carbocycles. The van der Waals surface area contributed by atoms with E-state index >= 15 is 0 Å². The molecule has 3 nitrogen and oxygen atoms in total. The van der Waals surface area contributed by atoms with Crippen LogP contribution in [0.1, 0.15) is 17.2 Å². The molecule has 20 heavy (non-hydrogen) atoms. The second kappa shape index (κ2) is 9.04. The number of hydrogen-bond acceptors (Lipinski definition) is 3. The summed E-state index contributed by atoms with van der Waals surface area (Å²) in [4.78, 5) is 0. The van der Waals surface area contributed by atoms with Crippen LogP contribution in [0.4, 0.5) is 0 Å². The molecule has 0 aliphatic rings. The van der Waals surface area contributed by atoms with Crippen LogP contribution in [0.3, 0.4) is 0 Å². The van der Waals surface area contributed by atoms with E-state index in [0.29, 0.717) is 0 Å². The van der Waals surface area contributed by atoms with Crippen LogP contribution in [-0.4, -0.2) is 13.1 Å².